The van der Waals surface area contributed by atoms with Crippen molar-refractivity contribution in [2.24, 2.45) is 0 Å². The molecule has 2 aromatic carbocycles. The van der Waals surface area contributed by atoms with Gasteiger partial charge >= 0.3 is 0 Å². The van der Waals surface area contributed by atoms with Gasteiger partial charge in [0.05, 0.1) is 6.20 Å². The fraction of sp³-hybridized carbons (Fsp3) is 0.211. The zero-order chi connectivity index (χ0) is 16.1. The van der Waals surface area contributed by atoms with Crippen molar-refractivity contribution in [3.63, 3.8) is 0 Å². The molecule has 0 spiro atoms. The Morgan fingerprint density at radius 3 is 2.57 bits per heavy atom. The summed E-state index contributed by atoms with van der Waals surface area (Å²) in [6, 6.07) is 15.4. The summed E-state index contributed by atoms with van der Waals surface area (Å²) >= 11 is 0. The third kappa shape index (κ3) is 3.85. The van der Waals surface area contributed by atoms with Crippen molar-refractivity contribution in [2.45, 2.75) is 19.4 Å². The molecule has 0 fully saturated rings. The standard InChI is InChI=1S/C19H19FN2O/c20-19-12-17(7-6-16(19)9-11-23)18-13-21-22(14-18)10-8-15-4-2-1-3-5-15/h1-7,12-14,23H,8-11H2. The number of aliphatic hydroxyl groups excluding tert-OH is 1. The average Bonchev–Trinajstić information content (AvgIpc) is 3.05. The largest absolute Gasteiger partial charge is 0.396 e. The molecule has 3 nitrogen and oxygen atoms in total. The first kappa shape index (κ1) is 15.4. The van der Waals surface area contributed by atoms with E-state index in [1.807, 2.05) is 35.1 Å². The molecule has 0 atom stereocenters. The molecule has 1 aromatic heterocycles. The lowest BCUT2D eigenvalue weighted by Gasteiger charge is -2.04. The molecular formula is C19H19FN2O. The maximum absolute atomic E-state index is 14.0. The fourth-order valence-corrected chi connectivity index (χ4v) is 2.57. The third-order valence-corrected chi connectivity index (χ3v) is 3.87. The highest BCUT2D eigenvalue weighted by Crippen LogP contribution is 2.22. The predicted octanol–water partition coefficient (Wildman–Crippen LogP) is 3.47. The summed E-state index contributed by atoms with van der Waals surface area (Å²) in [5.74, 6) is -0.284. The van der Waals surface area contributed by atoms with E-state index in [0.29, 0.717) is 12.0 Å². The van der Waals surface area contributed by atoms with E-state index in [1.165, 1.54) is 11.6 Å². The first-order valence-corrected chi connectivity index (χ1v) is 7.72. The molecule has 1 heterocycles. The maximum atomic E-state index is 14.0. The molecule has 0 radical (unpaired) electrons. The van der Waals surface area contributed by atoms with Gasteiger partial charge in [0.2, 0.25) is 0 Å². The Hall–Kier alpha value is -2.46. The van der Waals surface area contributed by atoms with E-state index < -0.39 is 0 Å². The zero-order valence-corrected chi connectivity index (χ0v) is 12.8. The first-order valence-electron chi connectivity index (χ1n) is 7.72. The molecule has 0 amide bonds. The van der Waals surface area contributed by atoms with Gasteiger partial charge < -0.3 is 5.11 Å². The molecule has 4 heteroatoms. The molecule has 118 valence electrons. The average molecular weight is 310 g/mol. The number of hydrogen-bond donors (Lipinski definition) is 1. The Bertz CT molecular complexity index is 768. The summed E-state index contributed by atoms with van der Waals surface area (Å²) in [5.41, 5.74) is 3.50. The van der Waals surface area contributed by atoms with E-state index in [0.717, 1.165) is 24.1 Å². The zero-order valence-electron chi connectivity index (χ0n) is 12.8. The minimum atomic E-state index is -0.284. The van der Waals surface area contributed by atoms with Gasteiger partial charge in [0.1, 0.15) is 5.82 Å². The van der Waals surface area contributed by atoms with Gasteiger partial charge in [-0.3, -0.25) is 4.68 Å². The Morgan fingerprint density at radius 1 is 1.00 bits per heavy atom. The predicted molar refractivity (Wildman–Crippen MR) is 88.6 cm³/mol. The highest BCUT2D eigenvalue weighted by atomic mass is 19.1. The minimum Gasteiger partial charge on any atom is -0.396 e. The fourth-order valence-electron chi connectivity index (χ4n) is 2.57. The number of rotatable bonds is 6. The normalized spacial score (nSPS) is 10.9. The SMILES string of the molecule is OCCc1ccc(-c2cnn(CCc3ccccc3)c2)cc1F. The topological polar surface area (TPSA) is 38.1 Å². The Balaban J connectivity index is 1.70. The van der Waals surface area contributed by atoms with Gasteiger partial charge in [-0.15, -0.1) is 0 Å². The monoisotopic (exact) mass is 310 g/mol. The Labute approximate surface area is 135 Å². The smallest absolute Gasteiger partial charge is 0.127 e. The molecule has 3 aromatic rings. The number of nitrogens with zero attached hydrogens (tertiary/aromatic N) is 2. The molecule has 0 bridgehead atoms. The van der Waals surface area contributed by atoms with Crippen molar-refractivity contribution < 1.29 is 9.50 Å². The number of aryl methyl sites for hydroxylation is 2. The van der Waals surface area contributed by atoms with Crippen molar-refractivity contribution in [2.75, 3.05) is 6.61 Å². The summed E-state index contributed by atoms with van der Waals surface area (Å²) in [7, 11) is 0. The van der Waals surface area contributed by atoms with Crippen LogP contribution in [0.1, 0.15) is 11.1 Å². The van der Waals surface area contributed by atoms with Crippen LogP contribution < -0.4 is 0 Å². The van der Waals surface area contributed by atoms with Crippen LogP contribution in [-0.2, 0) is 19.4 Å². The first-order chi connectivity index (χ1) is 11.3. The van der Waals surface area contributed by atoms with Gasteiger partial charge in [0, 0.05) is 24.9 Å². The van der Waals surface area contributed by atoms with Gasteiger partial charge in [-0.25, -0.2) is 4.39 Å². The summed E-state index contributed by atoms with van der Waals surface area (Å²) in [4.78, 5) is 0. The van der Waals surface area contributed by atoms with Gasteiger partial charge in [-0.1, -0.05) is 42.5 Å². The highest BCUT2D eigenvalue weighted by molar-refractivity contribution is 5.62. The molecule has 0 saturated carbocycles. The van der Waals surface area contributed by atoms with Crippen LogP contribution >= 0.6 is 0 Å². The number of aliphatic hydroxyl groups is 1. The molecule has 3 rings (SSSR count). The van der Waals surface area contributed by atoms with Crippen LogP contribution in [0.15, 0.2) is 60.9 Å². The van der Waals surface area contributed by atoms with E-state index >= 15 is 0 Å². The van der Waals surface area contributed by atoms with Gasteiger partial charge in [-0.05, 0) is 35.6 Å². The van der Waals surface area contributed by atoms with Gasteiger partial charge in [0.15, 0.2) is 0 Å². The summed E-state index contributed by atoms with van der Waals surface area (Å²) in [6.07, 6.45) is 4.93. The molecule has 0 aliphatic heterocycles. The Morgan fingerprint density at radius 2 is 1.83 bits per heavy atom. The molecule has 0 unspecified atom stereocenters. The molecule has 1 N–H and O–H groups in total. The summed E-state index contributed by atoms with van der Waals surface area (Å²) in [5, 5.41) is 13.3. The second-order valence-electron chi connectivity index (χ2n) is 5.51. The van der Waals surface area contributed by atoms with E-state index in [4.69, 9.17) is 5.11 Å². The van der Waals surface area contributed by atoms with Crippen molar-refractivity contribution in [3.05, 3.63) is 77.9 Å². The molecular weight excluding hydrogens is 291 g/mol. The maximum Gasteiger partial charge on any atom is 0.127 e. The molecule has 0 aliphatic rings. The van der Waals surface area contributed by atoms with Gasteiger partial charge in [-0.2, -0.15) is 5.10 Å². The van der Waals surface area contributed by atoms with Crippen LogP contribution in [0.2, 0.25) is 0 Å². The number of hydrogen-bond acceptors (Lipinski definition) is 2. The van der Waals surface area contributed by atoms with Crippen LogP contribution in [-0.4, -0.2) is 21.5 Å². The van der Waals surface area contributed by atoms with Gasteiger partial charge in [0.25, 0.3) is 0 Å². The minimum absolute atomic E-state index is 0.0479. The van der Waals surface area contributed by atoms with Crippen LogP contribution in [0.5, 0.6) is 0 Å². The lowest BCUT2D eigenvalue weighted by molar-refractivity contribution is 0.297. The lowest BCUT2D eigenvalue weighted by Crippen LogP contribution is -2.01. The number of aromatic nitrogens is 2. The number of halogens is 1. The van der Waals surface area contributed by atoms with Crippen molar-refractivity contribution in [3.8, 4) is 11.1 Å². The lowest BCUT2D eigenvalue weighted by atomic mass is 10.1. The second kappa shape index (κ2) is 7.20. The van der Waals surface area contributed by atoms with E-state index in [9.17, 15) is 4.39 Å². The second-order valence-corrected chi connectivity index (χ2v) is 5.51. The van der Waals surface area contributed by atoms with Crippen molar-refractivity contribution >= 4 is 0 Å². The summed E-state index contributed by atoms with van der Waals surface area (Å²) in [6.45, 7) is 0.739. The van der Waals surface area contributed by atoms with Crippen molar-refractivity contribution in [1.29, 1.82) is 0 Å². The van der Waals surface area contributed by atoms with Crippen LogP contribution in [0, 0.1) is 5.82 Å². The molecule has 23 heavy (non-hydrogen) atoms. The third-order valence-electron chi connectivity index (χ3n) is 3.87. The van der Waals surface area contributed by atoms with E-state index in [-0.39, 0.29) is 12.4 Å². The van der Waals surface area contributed by atoms with Crippen LogP contribution in [0.25, 0.3) is 11.1 Å². The Kier molecular flexibility index (Phi) is 4.83. The van der Waals surface area contributed by atoms with E-state index in [2.05, 4.69) is 17.2 Å². The van der Waals surface area contributed by atoms with Crippen molar-refractivity contribution in [1.82, 2.24) is 9.78 Å². The highest BCUT2D eigenvalue weighted by Gasteiger charge is 2.07. The molecule has 0 aliphatic carbocycles. The van der Waals surface area contributed by atoms with Crippen LogP contribution in [0.3, 0.4) is 0 Å². The summed E-state index contributed by atoms with van der Waals surface area (Å²) < 4.78 is 15.8. The molecule has 0 saturated heterocycles. The number of benzene rings is 2. The van der Waals surface area contributed by atoms with Crippen LogP contribution in [0.4, 0.5) is 4.39 Å². The van der Waals surface area contributed by atoms with E-state index in [1.54, 1.807) is 12.3 Å². The quantitative estimate of drug-likeness (QED) is 0.757.